The Morgan fingerprint density at radius 3 is 2.50 bits per heavy atom. The first-order valence-corrected chi connectivity index (χ1v) is 5.06. The number of rotatable bonds is 1. The van der Waals surface area contributed by atoms with E-state index in [1.54, 1.807) is 13.8 Å². The van der Waals surface area contributed by atoms with Crippen LogP contribution >= 0.6 is 27.5 Å². The zero-order valence-corrected chi connectivity index (χ0v) is 10.4. The second kappa shape index (κ2) is 4.28. The topological polar surface area (TPSA) is 39.2 Å². The lowest BCUT2D eigenvalue weighted by molar-refractivity contribution is 0.0599. The average molecular weight is 279 g/mol. The summed E-state index contributed by atoms with van der Waals surface area (Å²) >= 11 is 9.07. The summed E-state index contributed by atoms with van der Waals surface area (Å²) < 4.78 is 5.23. The number of hydrogen-bond acceptors (Lipinski definition) is 3. The second-order valence-electron chi connectivity index (χ2n) is 2.81. The molecule has 0 aliphatic carbocycles. The SMILES string of the molecule is COC(=O)c1c(C)c(Cl)nc(Br)c1C. The molecule has 0 N–H and O–H groups in total. The number of ether oxygens (including phenoxy) is 1. The highest BCUT2D eigenvalue weighted by atomic mass is 79.9. The van der Waals surface area contributed by atoms with Gasteiger partial charge in [-0.15, -0.1) is 0 Å². The largest absolute Gasteiger partial charge is 0.465 e. The highest BCUT2D eigenvalue weighted by Crippen LogP contribution is 2.26. The van der Waals surface area contributed by atoms with Crippen molar-refractivity contribution >= 4 is 33.5 Å². The lowest BCUT2D eigenvalue weighted by Crippen LogP contribution is -2.08. The first-order valence-electron chi connectivity index (χ1n) is 3.89. The van der Waals surface area contributed by atoms with Crippen LogP contribution in [0.2, 0.25) is 5.15 Å². The molecule has 0 aromatic carbocycles. The van der Waals surface area contributed by atoms with Crippen molar-refractivity contribution in [3.8, 4) is 0 Å². The van der Waals surface area contributed by atoms with Gasteiger partial charge in [0.25, 0.3) is 0 Å². The van der Waals surface area contributed by atoms with Crippen molar-refractivity contribution in [1.82, 2.24) is 4.98 Å². The Balaban J connectivity index is 3.47. The summed E-state index contributed by atoms with van der Waals surface area (Å²) in [7, 11) is 1.34. The molecule has 1 rings (SSSR count). The Bertz CT molecular complexity index is 367. The summed E-state index contributed by atoms with van der Waals surface area (Å²) in [6.45, 7) is 3.52. The molecule has 14 heavy (non-hydrogen) atoms. The molecule has 0 radical (unpaired) electrons. The van der Waals surface area contributed by atoms with Crippen LogP contribution in [0.5, 0.6) is 0 Å². The predicted molar refractivity (Wildman–Crippen MR) is 57.8 cm³/mol. The molecule has 5 heteroatoms. The molecule has 0 amide bonds. The fourth-order valence-corrected chi connectivity index (χ4v) is 1.81. The van der Waals surface area contributed by atoms with Crippen LogP contribution < -0.4 is 0 Å². The van der Waals surface area contributed by atoms with Crippen molar-refractivity contribution in [3.63, 3.8) is 0 Å². The number of carbonyl (C=O) groups is 1. The fraction of sp³-hybridized carbons (Fsp3) is 0.333. The van der Waals surface area contributed by atoms with Gasteiger partial charge in [0.2, 0.25) is 0 Å². The summed E-state index contributed by atoms with van der Waals surface area (Å²) in [5, 5.41) is 0.308. The zero-order chi connectivity index (χ0) is 10.9. The van der Waals surface area contributed by atoms with Gasteiger partial charge in [-0.05, 0) is 35.3 Å². The maximum Gasteiger partial charge on any atom is 0.338 e. The highest BCUT2D eigenvalue weighted by molar-refractivity contribution is 9.10. The van der Waals surface area contributed by atoms with E-state index in [1.807, 2.05) is 0 Å². The van der Waals surface area contributed by atoms with E-state index < -0.39 is 5.97 Å². The van der Waals surface area contributed by atoms with E-state index in [0.717, 1.165) is 5.56 Å². The van der Waals surface area contributed by atoms with Crippen LogP contribution in [0, 0.1) is 13.8 Å². The summed E-state index contributed by atoms with van der Waals surface area (Å²) in [6, 6.07) is 0. The molecule has 0 saturated heterocycles. The highest BCUT2D eigenvalue weighted by Gasteiger charge is 2.18. The Labute approximate surface area is 95.6 Å². The van der Waals surface area contributed by atoms with Crippen molar-refractivity contribution in [2.75, 3.05) is 7.11 Å². The first kappa shape index (κ1) is 11.5. The molecule has 0 aliphatic heterocycles. The Morgan fingerprint density at radius 2 is 2.00 bits per heavy atom. The smallest absolute Gasteiger partial charge is 0.338 e. The molecule has 1 aromatic heterocycles. The van der Waals surface area contributed by atoms with E-state index in [1.165, 1.54) is 7.11 Å². The lowest BCUT2D eigenvalue weighted by atomic mass is 10.1. The van der Waals surface area contributed by atoms with Gasteiger partial charge in [-0.1, -0.05) is 11.6 Å². The zero-order valence-electron chi connectivity index (χ0n) is 8.02. The molecule has 0 atom stereocenters. The number of halogens is 2. The van der Waals surface area contributed by atoms with Crippen LogP contribution in [0.25, 0.3) is 0 Å². The monoisotopic (exact) mass is 277 g/mol. The van der Waals surface area contributed by atoms with Crippen LogP contribution in [0.1, 0.15) is 21.5 Å². The minimum absolute atomic E-state index is 0.308. The molecular weight excluding hydrogens is 269 g/mol. The molecule has 0 fully saturated rings. The third kappa shape index (κ3) is 1.91. The number of pyridine rings is 1. The summed E-state index contributed by atoms with van der Waals surface area (Å²) in [5.74, 6) is -0.398. The number of hydrogen-bond donors (Lipinski definition) is 0. The van der Waals surface area contributed by atoms with Crippen LogP contribution in [0.15, 0.2) is 4.60 Å². The molecule has 0 spiro atoms. The van der Waals surface area contributed by atoms with Gasteiger partial charge in [-0.2, -0.15) is 0 Å². The summed E-state index contributed by atoms with van der Waals surface area (Å²) in [5.41, 5.74) is 1.84. The number of aromatic nitrogens is 1. The molecule has 0 aliphatic rings. The first-order chi connectivity index (χ1) is 6.49. The normalized spacial score (nSPS) is 10.1. The number of esters is 1. The minimum Gasteiger partial charge on any atom is -0.465 e. The standard InChI is InChI=1S/C9H9BrClNO2/c1-4-6(9(13)14-3)5(2)8(11)12-7(4)10/h1-3H3. The lowest BCUT2D eigenvalue weighted by Gasteiger charge is -2.09. The van der Waals surface area contributed by atoms with Crippen molar-refractivity contribution in [2.45, 2.75) is 13.8 Å². The van der Waals surface area contributed by atoms with E-state index in [2.05, 4.69) is 25.7 Å². The van der Waals surface area contributed by atoms with Crippen molar-refractivity contribution in [3.05, 3.63) is 26.4 Å². The third-order valence-electron chi connectivity index (χ3n) is 1.95. The van der Waals surface area contributed by atoms with Gasteiger partial charge in [-0.3, -0.25) is 0 Å². The van der Waals surface area contributed by atoms with E-state index >= 15 is 0 Å². The fourth-order valence-electron chi connectivity index (χ4n) is 1.15. The van der Waals surface area contributed by atoms with Gasteiger partial charge in [0.1, 0.15) is 9.76 Å². The average Bonchev–Trinajstić information content (AvgIpc) is 2.15. The Hall–Kier alpha value is -0.610. The summed E-state index contributed by atoms with van der Waals surface area (Å²) in [4.78, 5) is 15.5. The van der Waals surface area contributed by atoms with Crippen molar-refractivity contribution < 1.29 is 9.53 Å². The van der Waals surface area contributed by atoms with Gasteiger partial charge < -0.3 is 4.74 Å². The van der Waals surface area contributed by atoms with E-state index in [9.17, 15) is 4.79 Å². The maximum atomic E-state index is 11.4. The quantitative estimate of drug-likeness (QED) is 0.586. The van der Waals surface area contributed by atoms with Crippen molar-refractivity contribution in [1.29, 1.82) is 0 Å². The van der Waals surface area contributed by atoms with Gasteiger partial charge in [0, 0.05) is 5.56 Å². The summed E-state index contributed by atoms with van der Waals surface area (Å²) in [6.07, 6.45) is 0. The molecule has 0 saturated carbocycles. The van der Waals surface area contributed by atoms with E-state index in [0.29, 0.717) is 20.9 Å². The maximum absolute atomic E-state index is 11.4. The second-order valence-corrected chi connectivity index (χ2v) is 3.92. The van der Waals surface area contributed by atoms with E-state index in [4.69, 9.17) is 11.6 Å². The van der Waals surface area contributed by atoms with E-state index in [-0.39, 0.29) is 0 Å². The third-order valence-corrected chi connectivity index (χ3v) is 3.09. The molecule has 1 heterocycles. The molecular formula is C9H9BrClNO2. The number of nitrogens with zero attached hydrogens (tertiary/aromatic N) is 1. The number of carbonyl (C=O) groups excluding carboxylic acids is 1. The van der Waals surface area contributed by atoms with Gasteiger partial charge in [-0.25, -0.2) is 9.78 Å². The van der Waals surface area contributed by atoms with Gasteiger partial charge >= 0.3 is 5.97 Å². The van der Waals surface area contributed by atoms with Crippen LogP contribution in [0.3, 0.4) is 0 Å². The van der Waals surface area contributed by atoms with Gasteiger partial charge in [0.05, 0.1) is 12.7 Å². The Morgan fingerprint density at radius 1 is 1.43 bits per heavy atom. The predicted octanol–water partition coefficient (Wildman–Crippen LogP) is 2.90. The minimum atomic E-state index is -0.398. The van der Waals surface area contributed by atoms with Gasteiger partial charge in [0.15, 0.2) is 0 Å². The molecule has 3 nitrogen and oxygen atoms in total. The molecule has 0 unspecified atom stereocenters. The Kier molecular flexibility index (Phi) is 3.50. The number of methoxy groups -OCH3 is 1. The molecule has 1 aromatic rings. The van der Waals surface area contributed by atoms with Crippen molar-refractivity contribution in [2.24, 2.45) is 0 Å². The molecule has 0 bridgehead atoms. The molecule has 76 valence electrons. The van der Waals surface area contributed by atoms with Crippen LogP contribution in [0.4, 0.5) is 0 Å². The van der Waals surface area contributed by atoms with Crippen LogP contribution in [-0.4, -0.2) is 18.1 Å². The van der Waals surface area contributed by atoms with Crippen LogP contribution in [-0.2, 0) is 4.74 Å².